The van der Waals surface area contributed by atoms with Crippen molar-refractivity contribution in [1.82, 2.24) is 10.2 Å². The number of hydrogen-bond acceptors (Lipinski definition) is 4. The molecule has 4 nitrogen and oxygen atoms in total. The van der Waals surface area contributed by atoms with Gasteiger partial charge in [-0.15, -0.1) is 0 Å². The van der Waals surface area contributed by atoms with Crippen molar-refractivity contribution in [2.45, 2.75) is 25.5 Å². The Kier molecular flexibility index (Phi) is 5.12. The highest BCUT2D eigenvalue weighted by molar-refractivity contribution is 5.33. The molecule has 1 unspecified atom stereocenters. The second-order valence-electron chi connectivity index (χ2n) is 6.25. The zero-order chi connectivity index (χ0) is 14.5. The van der Waals surface area contributed by atoms with Gasteiger partial charge in [-0.2, -0.15) is 0 Å². The van der Waals surface area contributed by atoms with E-state index in [1.54, 1.807) is 0 Å². The molecule has 1 saturated carbocycles. The average Bonchev–Trinajstić information content (AvgIpc) is 3.31. The minimum absolute atomic E-state index is 0.295. The Bertz CT molecular complexity index is 448. The molecule has 21 heavy (non-hydrogen) atoms. The first-order chi connectivity index (χ1) is 10.3. The van der Waals surface area contributed by atoms with Crippen LogP contribution in [0.3, 0.4) is 0 Å². The van der Waals surface area contributed by atoms with Crippen LogP contribution in [0.1, 0.15) is 18.4 Å². The van der Waals surface area contributed by atoms with Gasteiger partial charge in [-0.05, 0) is 31.9 Å². The van der Waals surface area contributed by atoms with Crippen molar-refractivity contribution >= 4 is 0 Å². The highest BCUT2D eigenvalue weighted by atomic mass is 16.5. The Morgan fingerprint density at radius 2 is 2.19 bits per heavy atom. The molecule has 116 valence electrons. The third-order valence-corrected chi connectivity index (χ3v) is 4.17. The van der Waals surface area contributed by atoms with Crippen molar-refractivity contribution in [2.24, 2.45) is 5.92 Å². The van der Waals surface area contributed by atoms with E-state index >= 15 is 0 Å². The van der Waals surface area contributed by atoms with Crippen molar-refractivity contribution in [3.8, 4) is 5.75 Å². The summed E-state index contributed by atoms with van der Waals surface area (Å²) < 4.78 is 11.7. The van der Waals surface area contributed by atoms with Gasteiger partial charge in [0.2, 0.25) is 0 Å². The predicted molar refractivity (Wildman–Crippen MR) is 83.6 cm³/mol. The summed E-state index contributed by atoms with van der Waals surface area (Å²) in [6, 6.07) is 8.34. The summed E-state index contributed by atoms with van der Waals surface area (Å²) in [5.74, 6) is 1.82. The molecule has 0 bridgehead atoms. The summed E-state index contributed by atoms with van der Waals surface area (Å²) in [6.45, 7) is 5.48. The topological polar surface area (TPSA) is 33.7 Å². The third kappa shape index (κ3) is 4.70. The van der Waals surface area contributed by atoms with Crippen LogP contribution in [0.4, 0.5) is 0 Å². The van der Waals surface area contributed by atoms with Gasteiger partial charge in [-0.25, -0.2) is 0 Å². The zero-order valence-electron chi connectivity index (χ0n) is 12.9. The van der Waals surface area contributed by atoms with Gasteiger partial charge in [0.1, 0.15) is 5.75 Å². The normalized spacial score (nSPS) is 23.2. The lowest BCUT2D eigenvalue weighted by Crippen LogP contribution is -2.44. The molecule has 1 aromatic rings. The fourth-order valence-electron chi connectivity index (χ4n) is 2.64. The molecule has 0 aromatic heterocycles. The maximum Gasteiger partial charge on any atom is 0.123 e. The lowest BCUT2D eigenvalue weighted by molar-refractivity contribution is -0.0182. The molecule has 1 atom stereocenters. The molecular formula is C17H26N2O2. The monoisotopic (exact) mass is 290 g/mol. The van der Waals surface area contributed by atoms with Crippen molar-refractivity contribution < 1.29 is 9.47 Å². The first kappa shape index (κ1) is 14.8. The largest absolute Gasteiger partial charge is 0.493 e. The van der Waals surface area contributed by atoms with Gasteiger partial charge in [-0.3, -0.25) is 0 Å². The van der Waals surface area contributed by atoms with Crippen LogP contribution in [-0.4, -0.2) is 50.9 Å². The van der Waals surface area contributed by atoms with Crippen LogP contribution in [0, 0.1) is 5.92 Å². The molecule has 3 rings (SSSR count). The summed E-state index contributed by atoms with van der Waals surface area (Å²) >= 11 is 0. The quantitative estimate of drug-likeness (QED) is 0.831. The van der Waals surface area contributed by atoms with Crippen LogP contribution in [0.25, 0.3) is 0 Å². The van der Waals surface area contributed by atoms with Gasteiger partial charge in [-0.1, -0.05) is 18.2 Å². The lowest BCUT2D eigenvalue weighted by Gasteiger charge is -2.30. The molecule has 0 amide bonds. The van der Waals surface area contributed by atoms with Crippen molar-refractivity contribution in [3.63, 3.8) is 0 Å². The van der Waals surface area contributed by atoms with Crippen LogP contribution >= 0.6 is 0 Å². The number of benzene rings is 1. The molecule has 1 aromatic carbocycles. The smallest absolute Gasteiger partial charge is 0.123 e. The van der Waals surface area contributed by atoms with Crippen LogP contribution in [0.5, 0.6) is 5.75 Å². The lowest BCUT2D eigenvalue weighted by atomic mass is 10.2. The van der Waals surface area contributed by atoms with Crippen LogP contribution in [-0.2, 0) is 11.3 Å². The van der Waals surface area contributed by atoms with Crippen LogP contribution in [0.2, 0.25) is 0 Å². The fourth-order valence-corrected chi connectivity index (χ4v) is 2.64. The standard InChI is InChI=1S/C17H26N2O2/c1-19-8-9-20-16(12-19)11-18-10-15-4-2-3-5-17(15)21-13-14-6-7-14/h2-5,14,16,18H,6-13H2,1H3. The minimum atomic E-state index is 0.295. The van der Waals surface area contributed by atoms with Gasteiger partial charge >= 0.3 is 0 Å². The Balaban J connectivity index is 1.45. The highest BCUT2D eigenvalue weighted by Crippen LogP contribution is 2.30. The van der Waals surface area contributed by atoms with Gasteiger partial charge in [0, 0.05) is 31.7 Å². The van der Waals surface area contributed by atoms with E-state index in [0.29, 0.717) is 6.10 Å². The van der Waals surface area contributed by atoms with E-state index in [9.17, 15) is 0 Å². The molecule has 0 spiro atoms. The van der Waals surface area contributed by atoms with E-state index in [4.69, 9.17) is 9.47 Å². The minimum Gasteiger partial charge on any atom is -0.493 e. The Labute approximate surface area is 127 Å². The van der Waals surface area contributed by atoms with Crippen molar-refractivity contribution in [1.29, 1.82) is 0 Å². The molecule has 2 aliphatic rings. The fraction of sp³-hybridized carbons (Fsp3) is 0.647. The first-order valence-electron chi connectivity index (χ1n) is 8.03. The summed E-state index contributed by atoms with van der Waals surface area (Å²) in [5.41, 5.74) is 1.24. The molecule has 4 heteroatoms. The van der Waals surface area contributed by atoms with E-state index < -0.39 is 0 Å². The van der Waals surface area contributed by atoms with Gasteiger partial charge < -0.3 is 19.7 Å². The van der Waals surface area contributed by atoms with E-state index in [2.05, 4.69) is 35.5 Å². The van der Waals surface area contributed by atoms with Crippen molar-refractivity contribution in [2.75, 3.05) is 39.9 Å². The van der Waals surface area contributed by atoms with Crippen molar-refractivity contribution in [3.05, 3.63) is 29.8 Å². The number of likely N-dealkylation sites (N-methyl/N-ethyl adjacent to an activating group) is 1. The maximum atomic E-state index is 5.94. The van der Waals surface area contributed by atoms with Gasteiger partial charge in [0.15, 0.2) is 0 Å². The predicted octanol–water partition coefficient (Wildman–Crippen LogP) is 1.90. The Morgan fingerprint density at radius 3 is 3.00 bits per heavy atom. The molecule has 1 aliphatic carbocycles. The second kappa shape index (κ2) is 7.25. The number of ether oxygens (including phenoxy) is 2. The highest BCUT2D eigenvalue weighted by Gasteiger charge is 2.22. The average molecular weight is 290 g/mol. The van der Waals surface area contributed by atoms with Crippen LogP contribution in [0.15, 0.2) is 24.3 Å². The van der Waals surface area contributed by atoms with E-state index in [-0.39, 0.29) is 0 Å². The Hall–Kier alpha value is -1.10. The molecule has 1 aliphatic heterocycles. The summed E-state index contributed by atoms with van der Waals surface area (Å²) in [4.78, 5) is 2.32. The number of hydrogen-bond donors (Lipinski definition) is 1. The molecule has 1 heterocycles. The third-order valence-electron chi connectivity index (χ3n) is 4.17. The van der Waals surface area contributed by atoms with Gasteiger partial charge in [0.25, 0.3) is 0 Å². The Morgan fingerprint density at radius 1 is 1.33 bits per heavy atom. The summed E-state index contributed by atoms with van der Waals surface area (Å²) in [5, 5.41) is 3.50. The van der Waals surface area contributed by atoms with E-state index in [1.165, 1.54) is 18.4 Å². The summed E-state index contributed by atoms with van der Waals surface area (Å²) in [6.07, 6.45) is 2.95. The maximum absolute atomic E-state index is 5.94. The zero-order valence-corrected chi connectivity index (χ0v) is 12.9. The second-order valence-corrected chi connectivity index (χ2v) is 6.25. The molecular weight excluding hydrogens is 264 g/mol. The molecule has 2 fully saturated rings. The van der Waals surface area contributed by atoms with E-state index in [1.807, 2.05) is 6.07 Å². The molecule has 1 saturated heterocycles. The number of nitrogens with zero attached hydrogens (tertiary/aromatic N) is 1. The molecule has 0 radical (unpaired) electrons. The number of morpholine rings is 1. The SMILES string of the molecule is CN1CCOC(CNCc2ccccc2OCC2CC2)C1. The number of para-hydroxylation sites is 1. The number of rotatable bonds is 7. The van der Waals surface area contributed by atoms with Gasteiger partial charge in [0.05, 0.1) is 19.3 Å². The first-order valence-corrected chi connectivity index (χ1v) is 8.03. The van der Waals surface area contributed by atoms with Crippen LogP contribution < -0.4 is 10.1 Å². The van der Waals surface area contributed by atoms with E-state index in [0.717, 1.165) is 51.1 Å². The number of nitrogens with one attached hydrogen (secondary N) is 1. The summed E-state index contributed by atoms with van der Waals surface area (Å²) in [7, 11) is 2.15. The molecule has 1 N–H and O–H groups in total.